The van der Waals surface area contributed by atoms with E-state index in [1.165, 1.54) is 0 Å². The smallest absolute Gasteiger partial charge is 0.251 e. The monoisotopic (exact) mass is 279 g/mol. The number of pyridine rings is 1. The molecular weight excluding hydrogens is 262 g/mol. The second-order valence-corrected chi connectivity index (χ2v) is 4.58. The zero-order valence-electron chi connectivity index (χ0n) is 11.9. The van der Waals surface area contributed by atoms with Crippen molar-refractivity contribution in [2.75, 3.05) is 6.54 Å². The van der Waals surface area contributed by atoms with Crippen LogP contribution in [0.25, 0.3) is 0 Å². The third-order valence-electron chi connectivity index (χ3n) is 2.89. The SMILES string of the molecule is Cc1ccc(CNC(=O)c2cccc(C#CCN)c2)cn1. The van der Waals surface area contributed by atoms with Gasteiger partial charge in [0.1, 0.15) is 0 Å². The number of carbonyl (C=O) groups is 1. The van der Waals surface area contributed by atoms with Gasteiger partial charge in [-0.15, -0.1) is 0 Å². The molecule has 3 N–H and O–H groups in total. The summed E-state index contributed by atoms with van der Waals surface area (Å²) >= 11 is 0. The van der Waals surface area contributed by atoms with E-state index in [4.69, 9.17) is 5.73 Å². The van der Waals surface area contributed by atoms with Crippen LogP contribution in [-0.2, 0) is 6.54 Å². The minimum atomic E-state index is -0.132. The van der Waals surface area contributed by atoms with Gasteiger partial charge in [0.15, 0.2) is 0 Å². The van der Waals surface area contributed by atoms with Crippen LogP contribution in [0, 0.1) is 18.8 Å². The van der Waals surface area contributed by atoms with Gasteiger partial charge >= 0.3 is 0 Å². The molecule has 4 heteroatoms. The summed E-state index contributed by atoms with van der Waals surface area (Å²) in [5, 5.41) is 2.87. The molecule has 0 aliphatic carbocycles. The van der Waals surface area contributed by atoms with Gasteiger partial charge in [-0.2, -0.15) is 0 Å². The van der Waals surface area contributed by atoms with E-state index in [9.17, 15) is 4.79 Å². The molecule has 1 amide bonds. The first kappa shape index (κ1) is 14.8. The Morgan fingerprint density at radius 2 is 2.19 bits per heavy atom. The quantitative estimate of drug-likeness (QED) is 0.839. The van der Waals surface area contributed by atoms with Crippen LogP contribution in [0.5, 0.6) is 0 Å². The third-order valence-corrected chi connectivity index (χ3v) is 2.89. The molecule has 0 atom stereocenters. The van der Waals surface area contributed by atoms with Gasteiger partial charge in [-0.3, -0.25) is 9.78 Å². The molecule has 2 rings (SSSR count). The van der Waals surface area contributed by atoms with Crippen LogP contribution in [0.3, 0.4) is 0 Å². The van der Waals surface area contributed by atoms with E-state index in [2.05, 4.69) is 22.1 Å². The normalized spacial score (nSPS) is 9.62. The number of nitrogens with one attached hydrogen (secondary N) is 1. The van der Waals surface area contributed by atoms with E-state index in [0.717, 1.165) is 16.8 Å². The van der Waals surface area contributed by atoms with Gasteiger partial charge in [-0.1, -0.05) is 24.0 Å². The number of nitrogens with zero attached hydrogens (tertiary/aromatic N) is 1. The molecule has 0 bridgehead atoms. The first-order valence-electron chi connectivity index (χ1n) is 6.68. The van der Waals surface area contributed by atoms with E-state index < -0.39 is 0 Å². The molecule has 0 aliphatic rings. The lowest BCUT2D eigenvalue weighted by atomic mass is 10.1. The third kappa shape index (κ3) is 4.44. The summed E-state index contributed by atoms with van der Waals surface area (Å²) in [6.07, 6.45) is 1.76. The van der Waals surface area contributed by atoms with E-state index >= 15 is 0 Å². The first-order chi connectivity index (χ1) is 10.2. The maximum Gasteiger partial charge on any atom is 0.251 e. The molecule has 0 fully saturated rings. The number of rotatable bonds is 3. The van der Waals surface area contributed by atoms with Crippen molar-refractivity contribution in [2.24, 2.45) is 5.73 Å². The van der Waals surface area contributed by atoms with Gasteiger partial charge in [0, 0.05) is 29.6 Å². The van der Waals surface area contributed by atoms with Crippen LogP contribution < -0.4 is 11.1 Å². The standard InChI is InChI=1S/C17H17N3O/c1-13-7-8-15(11-19-13)12-20-17(21)16-6-2-4-14(10-16)5-3-9-18/h2,4,6-8,10-11H,9,12,18H2,1H3,(H,20,21). The lowest BCUT2D eigenvalue weighted by molar-refractivity contribution is 0.0951. The Morgan fingerprint density at radius 3 is 2.90 bits per heavy atom. The molecule has 1 aromatic carbocycles. The van der Waals surface area contributed by atoms with Crippen LogP contribution in [-0.4, -0.2) is 17.4 Å². The molecule has 106 valence electrons. The predicted molar refractivity (Wildman–Crippen MR) is 82.5 cm³/mol. The number of amides is 1. The lowest BCUT2D eigenvalue weighted by Gasteiger charge is -2.06. The maximum absolute atomic E-state index is 12.1. The minimum absolute atomic E-state index is 0.132. The summed E-state index contributed by atoms with van der Waals surface area (Å²) in [5.41, 5.74) is 8.62. The van der Waals surface area contributed by atoms with E-state index in [-0.39, 0.29) is 5.91 Å². The molecule has 0 spiro atoms. The summed E-state index contributed by atoms with van der Waals surface area (Å²) in [7, 11) is 0. The summed E-state index contributed by atoms with van der Waals surface area (Å²) < 4.78 is 0. The van der Waals surface area contributed by atoms with Crippen molar-refractivity contribution in [3.63, 3.8) is 0 Å². The van der Waals surface area contributed by atoms with Crippen LogP contribution >= 0.6 is 0 Å². The Morgan fingerprint density at radius 1 is 1.33 bits per heavy atom. The fourth-order valence-corrected chi connectivity index (χ4v) is 1.78. The fraction of sp³-hybridized carbons (Fsp3) is 0.176. The van der Waals surface area contributed by atoms with Crippen LogP contribution in [0.2, 0.25) is 0 Å². The Balaban J connectivity index is 2.01. The molecule has 0 radical (unpaired) electrons. The summed E-state index contributed by atoms with van der Waals surface area (Å²) in [6, 6.07) is 11.0. The van der Waals surface area contributed by atoms with Crippen molar-refractivity contribution in [3.8, 4) is 11.8 Å². The highest BCUT2D eigenvalue weighted by Gasteiger charge is 2.05. The van der Waals surface area contributed by atoms with Gasteiger partial charge in [0.2, 0.25) is 0 Å². The highest BCUT2D eigenvalue weighted by molar-refractivity contribution is 5.94. The lowest BCUT2D eigenvalue weighted by Crippen LogP contribution is -2.22. The molecule has 0 unspecified atom stereocenters. The number of hydrogen-bond donors (Lipinski definition) is 2. The molecule has 1 aromatic heterocycles. The largest absolute Gasteiger partial charge is 0.348 e. The van der Waals surface area contributed by atoms with Gasteiger partial charge in [-0.25, -0.2) is 0 Å². The average Bonchev–Trinajstić information content (AvgIpc) is 2.52. The van der Waals surface area contributed by atoms with Crippen LogP contribution in [0.4, 0.5) is 0 Å². The van der Waals surface area contributed by atoms with Gasteiger partial charge in [0.25, 0.3) is 5.91 Å². The molecule has 4 nitrogen and oxygen atoms in total. The van der Waals surface area contributed by atoms with Crippen LogP contribution in [0.15, 0.2) is 42.6 Å². The molecular formula is C17H17N3O. The molecule has 0 saturated carbocycles. The van der Waals surface area contributed by atoms with Gasteiger partial charge < -0.3 is 11.1 Å². The second kappa shape index (κ2) is 7.22. The summed E-state index contributed by atoms with van der Waals surface area (Å²) in [5.74, 6) is 5.55. The van der Waals surface area contributed by atoms with E-state index in [0.29, 0.717) is 18.7 Å². The topological polar surface area (TPSA) is 68.0 Å². The first-order valence-corrected chi connectivity index (χ1v) is 6.68. The second-order valence-electron chi connectivity index (χ2n) is 4.58. The summed E-state index contributed by atoms with van der Waals surface area (Å²) in [4.78, 5) is 16.3. The fourth-order valence-electron chi connectivity index (χ4n) is 1.78. The molecule has 21 heavy (non-hydrogen) atoms. The molecule has 0 saturated heterocycles. The molecule has 1 heterocycles. The van der Waals surface area contributed by atoms with Crippen molar-refractivity contribution in [1.29, 1.82) is 0 Å². The zero-order valence-corrected chi connectivity index (χ0v) is 11.9. The molecule has 2 aromatic rings. The highest BCUT2D eigenvalue weighted by Crippen LogP contribution is 2.05. The number of aryl methyl sites for hydroxylation is 1. The van der Waals surface area contributed by atoms with Crippen molar-refractivity contribution in [2.45, 2.75) is 13.5 Å². The van der Waals surface area contributed by atoms with Crippen molar-refractivity contribution < 1.29 is 4.79 Å². The Hall–Kier alpha value is -2.64. The molecule has 0 aliphatic heterocycles. The average molecular weight is 279 g/mol. The number of aromatic nitrogens is 1. The number of carbonyl (C=O) groups excluding carboxylic acids is 1. The Labute approximate surface area is 124 Å². The Kier molecular flexibility index (Phi) is 5.08. The number of hydrogen-bond acceptors (Lipinski definition) is 3. The Bertz CT molecular complexity index is 681. The zero-order chi connectivity index (χ0) is 15.1. The maximum atomic E-state index is 12.1. The van der Waals surface area contributed by atoms with Crippen molar-refractivity contribution in [3.05, 3.63) is 65.0 Å². The predicted octanol–water partition coefficient (Wildman–Crippen LogP) is 1.63. The van der Waals surface area contributed by atoms with Gasteiger partial charge in [0.05, 0.1) is 6.54 Å². The number of nitrogens with two attached hydrogens (primary N) is 1. The summed E-state index contributed by atoms with van der Waals surface area (Å²) in [6.45, 7) is 2.68. The van der Waals surface area contributed by atoms with Crippen molar-refractivity contribution in [1.82, 2.24) is 10.3 Å². The highest BCUT2D eigenvalue weighted by atomic mass is 16.1. The van der Waals surface area contributed by atoms with Crippen LogP contribution in [0.1, 0.15) is 27.2 Å². The minimum Gasteiger partial charge on any atom is -0.348 e. The number of benzene rings is 1. The van der Waals surface area contributed by atoms with E-state index in [1.54, 1.807) is 18.3 Å². The van der Waals surface area contributed by atoms with Crippen molar-refractivity contribution >= 4 is 5.91 Å². The van der Waals surface area contributed by atoms with Gasteiger partial charge in [-0.05, 0) is 36.8 Å². The van der Waals surface area contributed by atoms with E-state index in [1.807, 2.05) is 31.2 Å².